The van der Waals surface area contributed by atoms with Gasteiger partial charge in [0.1, 0.15) is 0 Å². The number of hydrogen-bond donors (Lipinski definition) is 0. The first-order chi connectivity index (χ1) is 8.12. The van der Waals surface area contributed by atoms with Gasteiger partial charge in [0.05, 0.1) is 0 Å². The minimum Gasteiger partial charge on any atom is -0.390 e. The Labute approximate surface area is 100 Å². The summed E-state index contributed by atoms with van der Waals surface area (Å²) in [6.07, 6.45) is -13.4. The molecule has 0 amide bonds. The Morgan fingerprint density at radius 1 is 0.579 bits per heavy atom. The molecule has 0 rings (SSSR count). The predicted octanol–water partition coefficient (Wildman–Crippen LogP) is 3.20. The van der Waals surface area contributed by atoms with Crippen LogP contribution in [0, 0.1) is 0 Å². The summed E-state index contributed by atoms with van der Waals surface area (Å²) in [6.45, 7) is 0. The van der Waals surface area contributed by atoms with Crippen molar-refractivity contribution >= 4 is 8.56 Å². The number of hydrogen-bond acceptors (Lipinski definition) is 2. The molecule has 0 saturated heterocycles. The predicted molar refractivity (Wildman–Crippen MR) is 41.8 cm³/mol. The van der Waals surface area contributed by atoms with E-state index in [0.29, 0.717) is 0 Å². The first-order valence-electron chi connectivity index (χ1n) is 4.11. The molecule has 0 aromatic heterocycles. The van der Waals surface area contributed by atoms with Crippen LogP contribution in [0.25, 0.3) is 0 Å². The zero-order valence-corrected chi connectivity index (χ0v) is 10.1. The third-order valence-corrected chi connectivity index (χ3v) is 5.48. The van der Waals surface area contributed by atoms with E-state index >= 15 is 0 Å². The average molecular weight is 328 g/mol. The first kappa shape index (κ1) is 18.4. The molecule has 0 heterocycles. The van der Waals surface area contributed by atoms with Crippen molar-refractivity contribution in [3.8, 4) is 0 Å². The van der Waals surface area contributed by atoms with Crippen molar-refractivity contribution in [2.45, 2.75) is 23.4 Å². The van der Waals surface area contributed by atoms with Crippen LogP contribution in [0.1, 0.15) is 0 Å². The second kappa shape index (κ2) is 4.77. The summed E-state index contributed by atoms with van der Waals surface area (Å²) < 4.78 is 131. The van der Waals surface area contributed by atoms with Crippen LogP contribution in [0.4, 0.5) is 43.9 Å². The third kappa shape index (κ3) is 2.42. The van der Waals surface area contributed by atoms with E-state index in [1.54, 1.807) is 0 Å². The molecule has 0 N–H and O–H groups in total. The number of rotatable bonds is 4. The summed E-state index contributed by atoms with van der Waals surface area (Å²) in [6, 6.07) is 0. The highest BCUT2D eigenvalue weighted by Gasteiger charge is 2.90. The molecule has 0 fully saturated rings. The van der Waals surface area contributed by atoms with Gasteiger partial charge in [-0.25, -0.2) is 0 Å². The highest BCUT2D eigenvalue weighted by molar-refractivity contribution is 6.73. The van der Waals surface area contributed by atoms with Gasteiger partial charge in [0.25, 0.3) is 0 Å². The normalized spacial score (nSPS) is 15.8. The van der Waals surface area contributed by atoms with Crippen LogP contribution < -0.4 is 0 Å². The summed E-state index contributed by atoms with van der Waals surface area (Å²) in [5.41, 5.74) is -13.0. The lowest BCUT2D eigenvalue weighted by Gasteiger charge is -2.40. The summed E-state index contributed by atoms with van der Waals surface area (Å²) in [5.74, 6) is 0. The summed E-state index contributed by atoms with van der Waals surface area (Å²) in [4.78, 5) is 0. The maximum Gasteiger partial charge on any atom is 0.510 e. The maximum atomic E-state index is 13.0. The molecule has 0 bridgehead atoms. The van der Waals surface area contributed by atoms with E-state index in [2.05, 4.69) is 8.85 Å². The minimum absolute atomic E-state index is 0.130. The lowest BCUT2D eigenvalue weighted by atomic mass is 10.7. The van der Waals surface area contributed by atoms with Gasteiger partial charge in [-0.05, 0) is 0 Å². The zero-order chi connectivity index (χ0) is 15.9. The SMILES string of the molecule is CO[Si](OC)(C(F)(F)C(F)(F)F)C(F)(F)C(F)(F)F. The van der Waals surface area contributed by atoms with Crippen molar-refractivity contribution in [1.82, 2.24) is 0 Å². The van der Waals surface area contributed by atoms with Gasteiger partial charge in [-0.2, -0.15) is 43.9 Å². The van der Waals surface area contributed by atoms with Gasteiger partial charge < -0.3 is 8.85 Å². The summed E-state index contributed by atoms with van der Waals surface area (Å²) in [7, 11) is -7.65. The van der Waals surface area contributed by atoms with E-state index < -0.39 is 32.0 Å². The molecule has 0 aliphatic rings. The molecular formula is C6H6F10O2Si. The fraction of sp³-hybridized carbons (Fsp3) is 1.00. The smallest absolute Gasteiger partial charge is 0.390 e. The topological polar surface area (TPSA) is 18.5 Å². The monoisotopic (exact) mass is 328 g/mol. The second-order valence-corrected chi connectivity index (χ2v) is 6.47. The maximum absolute atomic E-state index is 13.0. The molecule has 0 radical (unpaired) electrons. The van der Waals surface area contributed by atoms with E-state index in [9.17, 15) is 43.9 Å². The molecule has 0 saturated carbocycles. The van der Waals surface area contributed by atoms with Gasteiger partial charge in [-0.15, -0.1) is 0 Å². The van der Waals surface area contributed by atoms with Gasteiger partial charge in [0.2, 0.25) is 0 Å². The van der Waals surface area contributed by atoms with Crippen molar-refractivity contribution < 1.29 is 52.8 Å². The first-order valence-corrected chi connectivity index (χ1v) is 5.93. The molecule has 0 atom stereocenters. The molecule has 0 aliphatic carbocycles. The molecule has 0 aromatic rings. The van der Waals surface area contributed by atoms with Crippen LogP contribution in [-0.4, -0.2) is 46.2 Å². The lowest BCUT2D eigenvalue weighted by molar-refractivity contribution is -0.295. The molecule has 19 heavy (non-hydrogen) atoms. The Hall–Kier alpha value is -0.563. The van der Waals surface area contributed by atoms with Crippen LogP contribution in [0.5, 0.6) is 0 Å². The molecule has 0 aromatic carbocycles. The van der Waals surface area contributed by atoms with E-state index in [-0.39, 0.29) is 14.2 Å². The van der Waals surface area contributed by atoms with Crippen molar-refractivity contribution in [2.24, 2.45) is 0 Å². The van der Waals surface area contributed by atoms with Crippen molar-refractivity contribution in [1.29, 1.82) is 0 Å². The summed E-state index contributed by atoms with van der Waals surface area (Å²) in [5, 5.41) is 0. The van der Waals surface area contributed by atoms with Crippen LogP contribution >= 0.6 is 0 Å². The Balaban J connectivity index is 6.19. The van der Waals surface area contributed by atoms with Gasteiger partial charge >= 0.3 is 32.0 Å². The van der Waals surface area contributed by atoms with E-state index in [4.69, 9.17) is 0 Å². The molecular weight excluding hydrogens is 322 g/mol. The highest BCUT2D eigenvalue weighted by atomic mass is 28.4. The lowest BCUT2D eigenvalue weighted by Crippen LogP contribution is -2.76. The molecule has 2 nitrogen and oxygen atoms in total. The molecule has 13 heteroatoms. The largest absolute Gasteiger partial charge is 0.510 e. The Morgan fingerprint density at radius 3 is 0.895 bits per heavy atom. The quantitative estimate of drug-likeness (QED) is 0.583. The van der Waals surface area contributed by atoms with E-state index in [1.807, 2.05) is 0 Å². The zero-order valence-electron chi connectivity index (χ0n) is 9.10. The fourth-order valence-corrected chi connectivity index (χ4v) is 3.50. The molecule has 116 valence electrons. The second-order valence-electron chi connectivity index (χ2n) is 3.17. The Kier molecular flexibility index (Phi) is 4.63. The standard InChI is InChI=1S/C6H6F10O2Si/c1-17-19(18-2,5(13,14)3(7,8)9)6(15,16)4(10,11)12/h1-2H3. The number of alkyl halides is 10. The highest BCUT2D eigenvalue weighted by Crippen LogP contribution is 2.53. The van der Waals surface area contributed by atoms with Crippen LogP contribution in [0.15, 0.2) is 0 Å². The number of halogens is 10. The van der Waals surface area contributed by atoms with Gasteiger partial charge in [-0.1, -0.05) is 0 Å². The molecule has 0 unspecified atom stereocenters. The van der Waals surface area contributed by atoms with E-state index in [0.717, 1.165) is 0 Å². The van der Waals surface area contributed by atoms with Crippen molar-refractivity contribution in [2.75, 3.05) is 14.2 Å². The molecule has 0 spiro atoms. The Bertz CT molecular complexity index is 289. The van der Waals surface area contributed by atoms with Crippen molar-refractivity contribution in [3.05, 3.63) is 0 Å². The van der Waals surface area contributed by atoms with Crippen LogP contribution in [0.3, 0.4) is 0 Å². The van der Waals surface area contributed by atoms with Crippen LogP contribution in [-0.2, 0) is 8.85 Å². The fourth-order valence-electron chi connectivity index (χ4n) is 1.17. The third-order valence-electron chi connectivity index (χ3n) is 2.11. The van der Waals surface area contributed by atoms with Gasteiger partial charge in [0.15, 0.2) is 0 Å². The summed E-state index contributed by atoms with van der Waals surface area (Å²) >= 11 is 0. The van der Waals surface area contributed by atoms with Crippen molar-refractivity contribution in [3.63, 3.8) is 0 Å². The van der Waals surface area contributed by atoms with Gasteiger partial charge in [-0.3, -0.25) is 0 Å². The average Bonchev–Trinajstić information content (AvgIpc) is 2.15. The Morgan fingerprint density at radius 2 is 0.789 bits per heavy atom. The van der Waals surface area contributed by atoms with Crippen LogP contribution in [0.2, 0.25) is 0 Å². The minimum atomic E-state index is -7.39. The molecule has 0 aliphatic heterocycles. The van der Waals surface area contributed by atoms with E-state index in [1.165, 1.54) is 0 Å². The van der Waals surface area contributed by atoms with Gasteiger partial charge in [0, 0.05) is 14.2 Å².